The first-order valence-corrected chi connectivity index (χ1v) is 6.15. The van der Waals surface area contributed by atoms with Gasteiger partial charge in [0.05, 0.1) is 6.04 Å². The molecule has 0 heterocycles. The fourth-order valence-electron chi connectivity index (χ4n) is 1.46. The van der Waals surface area contributed by atoms with Crippen molar-refractivity contribution in [3.63, 3.8) is 0 Å². The molecule has 19 heavy (non-hydrogen) atoms. The van der Waals surface area contributed by atoms with E-state index in [2.05, 4.69) is 5.32 Å². The van der Waals surface area contributed by atoms with Crippen LogP contribution in [0, 0.1) is 0 Å². The summed E-state index contributed by atoms with van der Waals surface area (Å²) < 4.78 is 0. The van der Waals surface area contributed by atoms with Crippen molar-refractivity contribution in [2.45, 2.75) is 44.2 Å². The van der Waals surface area contributed by atoms with E-state index in [1.54, 1.807) is 0 Å². The van der Waals surface area contributed by atoms with Crippen molar-refractivity contribution in [2.24, 2.45) is 17.2 Å². The molecule has 0 aromatic rings. The van der Waals surface area contributed by atoms with Crippen LogP contribution >= 0.6 is 0 Å². The lowest BCUT2D eigenvalue weighted by molar-refractivity contribution is -0.142. The number of carboxylic acid groups (broad SMARTS) is 1. The Balaban J connectivity index is 4.21. The van der Waals surface area contributed by atoms with Gasteiger partial charge in [-0.2, -0.15) is 0 Å². The summed E-state index contributed by atoms with van der Waals surface area (Å²) in [7, 11) is 0. The summed E-state index contributed by atoms with van der Waals surface area (Å²) in [4.78, 5) is 33.1. The van der Waals surface area contributed by atoms with Gasteiger partial charge < -0.3 is 27.6 Å². The first kappa shape index (κ1) is 17.3. The third-order valence-electron chi connectivity index (χ3n) is 2.60. The van der Waals surface area contributed by atoms with E-state index in [0.29, 0.717) is 25.8 Å². The molecule has 8 N–H and O–H groups in total. The molecule has 0 rings (SSSR count). The highest BCUT2D eigenvalue weighted by atomic mass is 16.4. The van der Waals surface area contributed by atoms with Crippen LogP contribution in [-0.4, -0.2) is 41.5 Å². The molecule has 0 bridgehead atoms. The SMILES string of the molecule is NCCCC[C@H](NC(=O)[C@@H](N)CCC(N)=O)C(=O)O. The summed E-state index contributed by atoms with van der Waals surface area (Å²) in [5, 5.41) is 11.3. The third kappa shape index (κ3) is 8.11. The number of primary amides is 1. The van der Waals surface area contributed by atoms with Crippen molar-refractivity contribution in [2.75, 3.05) is 6.54 Å². The highest BCUT2D eigenvalue weighted by Crippen LogP contribution is 2.02. The molecule has 0 spiro atoms. The number of aliphatic carboxylic acids is 1. The highest BCUT2D eigenvalue weighted by molar-refractivity contribution is 5.87. The van der Waals surface area contributed by atoms with E-state index < -0.39 is 29.9 Å². The summed E-state index contributed by atoms with van der Waals surface area (Å²) in [6.45, 7) is 0.471. The minimum absolute atomic E-state index is 0.0144. The van der Waals surface area contributed by atoms with Gasteiger partial charge in [0, 0.05) is 6.42 Å². The number of rotatable bonds is 10. The monoisotopic (exact) mass is 274 g/mol. The zero-order chi connectivity index (χ0) is 14.8. The smallest absolute Gasteiger partial charge is 0.326 e. The van der Waals surface area contributed by atoms with Crippen LogP contribution in [0.2, 0.25) is 0 Å². The van der Waals surface area contributed by atoms with E-state index in [1.807, 2.05) is 0 Å². The van der Waals surface area contributed by atoms with E-state index in [0.717, 1.165) is 0 Å². The second-order valence-electron chi connectivity index (χ2n) is 4.30. The largest absolute Gasteiger partial charge is 0.480 e. The fourth-order valence-corrected chi connectivity index (χ4v) is 1.46. The predicted molar refractivity (Wildman–Crippen MR) is 68.9 cm³/mol. The number of nitrogens with one attached hydrogen (secondary N) is 1. The molecule has 0 aromatic carbocycles. The molecular formula is C11H22N4O4. The number of carboxylic acids is 1. The fraction of sp³-hybridized carbons (Fsp3) is 0.727. The average Bonchev–Trinajstić information content (AvgIpc) is 2.34. The summed E-state index contributed by atoms with van der Waals surface area (Å²) in [5.74, 6) is -2.27. The minimum atomic E-state index is -1.12. The Morgan fingerprint density at radius 1 is 1.16 bits per heavy atom. The molecular weight excluding hydrogens is 252 g/mol. The summed E-state index contributed by atoms with van der Waals surface area (Å²) >= 11 is 0. The molecule has 8 nitrogen and oxygen atoms in total. The maximum atomic E-state index is 11.6. The van der Waals surface area contributed by atoms with Gasteiger partial charge >= 0.3 is 5.97 Å². The molecule has 0 fully saturated rings. The molecule has 0 saturated carbocycles. The number of amides is 2. The van der Waals surface area contributed by atoms with E-state index in [1.165, 1.54) is 0 Å². The van der Waals surface area contributed by atoms with Crippen LogP contribution in [-0.2, 0) is 14.4 Å². The summed E-state index contributed by atoms with van der Waals surface area (Å²) in [5.41, 5.74) is 15.8. The van der Waals surface area contributed by atoms with Crippen molar-refractivity contribution in [1.82, 2.24) is 5.32 Å². The van der Waals surface area contributed by atoms with Gasteiger partial charge in [-0.15, -0.1) is 0 Å². The Bertz CT molecular complexity index is 322. The zero-order valence-corrected chi connectivity index (χ0v) is 10.8. The minimum Gasteiger partial charge on any atom is -0.480 e. The molecule has 0 aliphatic carbocycles. The number of carbonyl (C=O) groups is 3. The first-order valence-electron chi connectivity index (χ1n) is 6.15. The van der Waals surface area contributed by atoms with Crippen LogP contribution in [0.1, 0.15) is 32.1 Å². The van der Waals surface area contributed by atoms with Crippen molar-refractivity contribution in [3.05, 3.63) is 0 Å². The van der Waals surface area contributed by atoms with E-state index in [4.69, 9.17) is 22.3 Å². The van der Waals surface area contributed by atoms with Gasteiger partial charge in [0.25, 0.3) is 0 Å². The second kappa shape index (κ2) is 9.29. The molecule has 0 unspecified atom stereocenters. The molecule has 0 radical (unpaired) electrons. The van der Waals surface area contributed by atoms with Crippen molar-refractivity contribution < 1.29 is 19.5 Å². The van der Waals surface area contributed by atoms with Crippen LogP contribution in [0.4, 0.5) is 0 Å². The lowest BCUT2D eigenvalue weighted by Gasteiger charge is -2.17. The maximum Gasteiger partial charge on any atom is 0.326 e. The molecule has 110 valence electrons. The lowest BCUT2D eigenvalue weighted by Crippen LogP contribution is -2.48. The number of hydrogen-bond donors (Lipinski definition) is 5. The molecule has 0 aliphatic heterocycles. The van der Waals surface area contributed by atoms with Gasteiger partial charge in [-0.25, -0.2) is 4.79 Å². The van der Waals surface area contributed by atoms with Crippen molar-refractivity contribution >= 4 is 17.8 Å². The van der Waals surface area contributed by atoms with Crippen LogP contribution in [0.15, 0.2) is 0 Å². The molecule has 0 saturated heterocycles. The van der Waals surface area contributed by atoms with E-state index in [-0.39, 0.29) is 12.8 Å². The number of nitrogens with two attached hydrogens (primary N) is 3. The van der Waals surface area contributed by atoms with Gasteiger partial charge in [0.15, 0.2) is 0 Å². The Kier molecular flexibility index (Phi) is 8.47. The van der Waals surface area contributed by atoms with Gasteiger partial charge in [-0.3, -0.25) is 9.59 Å². The first-order chi connectivity index (χ1) is 8.88. The van der Waals surface area contributed by atoms with Crippen molar-refractivity contribution in [1.29, 1.82) is 0 Å². The number of hydrogen-bond acceptors (Lipinski definition) is 5. The summed E-state index contributed by atoms with van der Waals surface area (Å²) in [6.07, 6.45) is 1.66. The molecule has 0 aromatic heterocycles. The summed E-state index contributed by atoms with van der Waals surface area (Å²) in [6, 6.07) is -1.93. The Labute approximate surface area is 111 Å². The molecule has 8 heteroatoms. The van der Waals surface area contributed by atoms with Crippen LogP contribution in [0.5, 0.6) is 0 Å². The van der Waals surface area contributed by atoms with Crippen LogP contribution in [0.3, 0.4) is 0 Å². The van der Waals surface area contributed by atoms with E-state index >= 15 is 0 Å². The lowest BCUT2D eigenvalue weighted by atomic mass is 10.1. The van der Waals surface area contributed by atoms with Crippen LogP contribution in [0.25, 0.3) is 0 Å². The number of carbonyl (C=O) groups excluding carboxylic acids is 2. The Morgan fingerprint density at radius 3 is 2.26 bits per heavy atom. The van der Waals surface area contributed by atoms with Crippen LogP contribution < -0.4 is 22.5 Å². The van der Waals surface area contributed by atoms with Gasteiger partial charge in [0.2, 0.25) is 11.8 Å². The van der Waals surface area contributed by atoms with Gasteiger partial charge in [0.1, 0.15) is 6.04 Å². The molecule has 2 atom stereocenters. The second-order valence-corrected chi connectivity index (χ2v) is 4.30. The Hall–Kier alpha value is -1.67. The maximum absolute atomic E-state index is 11.6. The molecule has 0 aliphatic rings. The number of unbranched alkanes of at least 4 members (excludes halogenated alkanes) is 1. The third-order valence-corrected chi connectivity index (χ3v) is 2.60. The highest BCUT2D eigenvalue weighted by Gasteiger charge is 2.22. The zero-order valence-electron chi connectivity index (χ0n) is 10.8. The average molecular weight is 274 g/mol. The van der Waals surface area contributed by atoms with E-state index in [9.17, 15) is 14.4 Å². The predicted octanol–water partition coefficient (Wildman–Crippen LogP) is -1.72. The normalized spacial score (nSPS) is 13.6. The van der Waals surface area contributed by atoms with Gasteiger partial charge in [-0.05, 0) is 32.2 Å². The Morgan fingerprint density at radius 2 is 1.79 bits per heavy atom. The van der Waals surface area contributed by atoms with Gasteiger partial charge in [-0.1, -0.05) is 0 Å². The standard InChI is InChI=1S/C11H22N4O4/c12-6-2-1-3-8(11(18)19)15-10(17)7(13)4-5-9(14)16/h7-8H,1-6,12-13H2,(H2,14,16)(H,15,17)(H,18,19)/t7-,8-/m0/s1. The quantitative estimate of drug-likeness (QED) is 0.297. The topological polar surface area (TPSA) is 162 Å². The molecule has 2 amide bonds. The van der Waals surface area contributed by atoms with Crippen molar-refractivity contribution in [3.8, 4) is 0 Å².